The van der Waals surface area contributed by atoms with Crippen molar-refractivity contribution < 1.29 is 33.9 Å². The normalized spacial score (nSPS) is 11.4. The minimum absolute atomic E-state index is 0.264. The zero-order valence-corrected chi connectivity index (χ0v) is 25.2. The van der Waals surface area contributed by atoms with Crippen molar-refractivity contribution in [1.82, 2.24) is 9.97 Å². The Morgan fingerprint density at radius 3 is 2.11 bits per heavy atom. The van der Waals surface area contributed by atoms with E-state index in [1.807, 2.05) is 12.1 Å². The van der Waals surface area contributed by atoms with Crippen molar-refractivity contribution >= 4 is 11.9 Å². The van der Waals surface area contributed by atoms with Gasteiger partial charge in [-0.3, -0.25) is 5.26 Å². The van der Waals surface area contributed by atoms with Crippen molar-refractivity contribution in [3.05, 3.63) is 97.4 Å². The zero-order chi connectivity index (χ0) is 31.4. The van der Waals surface area contributed by atoms with Gasteiger partial charge in [0, 0.05) is 11.6 Å². The molecule has 0 radical (unpaired) electrons. The van der Waals surface area contributed by atoms with E-state index in [1.165, 1.54) is 24.0 Å². The quantitative estimate of drug-likeness (QED) is 0.0329. The zero-order valence-electron chi connectivity index (χ0n) is 25.2. The van der Waals surface area contributed by atoms with Crippen molar-refractivity contribution in [1.29, 1.82) is 0 Å². The molecular weight excluding hydrogens is 560 g/mol. The summed E-state index contributed by atoms with van der Waals surface area (Å²) in [6.07, 6.45) is 15.0. The van der Waals surface area contributed by atoms with Crippen LogP contribution in [0.2, 0.25) is 0 Å². The van der Waals surface area contributed by atoms with E-state index in [1.54, 1.807) is 30.3 Å². The van der Waals surface area contributed by atoms with Crippen LogP contribution in [0.3, 0.4) is 0 Å². The largest absolute Gasteiger partial charge is 0.494 e. The van der Waals surface area contributed by atoms with Crippen molar-refractivity contribution in [3.8, 4) is 22.9 Å². The number of nitrogens with zero attached hydrogens (tertiary/aromatic N) is 2. The lowest BCUT2D eigenvalue weighted by Gasteiger charge is -2.09. The van der Waals surface area contributed by atoms with Crippen LogP contribution >= 0.6 is 0 Å². The standard InChI is InChI=1S/C35H42N2O7/c1-3-30(44-40)14-10-6-8-11-23-41-31-21-19-29(20-22-31)35(39)43-32-25-36-34(37-26-32)28-17-15-27(16-18-28)13-9-5-7-12-24-42-33(38)4-2/h3-4,15-22,25-26,30,40H,1-2,5-14,23-24H2. The van der Waals surface area contributed by atoms with E-state index >= 15 is 0 Å². The third-order valence-corrected chi connectivity index (χ3v) is 6.96. The van der Waals surface area contributed by atoms with Gasteiger partial charge in [0.2, 0.25) is 0 Å². The molecule has 0 aliphatic heterocycles. The molecule has 3 rings (SSSR count). The third-order valence-electron chi connectivity index (χ3n) is 6.96. The number of unbranched alkanes of at least 4 members (excludes halogenated alkanes) is 6. The van der Waals surface area contributed by atoms with E-state index in [2.05, 4.69) is 40.1 Å². The van der Waals surface area contributed by atoms with Crippen LogP contribution in [0.1, 0.15) is 73.7 Å². The maximum atomic E-state index is 12.6. The predicted molar refractivity (Wildman–Crippen MR) is 168 cm³/mol. The highest BCUT2D eigenvalue weighted by atomic mass is 17.1. The molecule has 1 atom stereocenters. The van der Waals surface area contributed by atoms with Crippen molar-refractivity contribution in [2.75, 3.05) is 13.2 Å². The molecule has 1 N–H and O–H groups in total. The summed E-state index contributed by atoms with van der Waals surface area (Å²) in [5, 5.41) is 8.69. The van der Waals surface area contributed by atoms with Gasteiger partial charge in [0.1, 0.15) is 11.9 Å². The van der Waals surface area contributed by atoms with Crippen LogP contribution in [0, 0.1) is 0 Å². The van der Waals surface area contributed by atoms with Crippen LogP contribution in [0.25, 0.3) is 11.4 Å². The van der Waals surface area contributed by atoms with Gasteiger partial charge in [-0.05, 0) is 61.9 Å². The fourth-order valence-electron chi connectivity index (χ4n) is 4.41. The number of carbonyl (C=O) groups is 2. The van der Waals surface area contributed by atoms with Gasteiger partial charge in [-0.15, -0.1) is 6.58 Å². The molecule has 0 spiro atoms. The minimum atomic E-state index is -0.500. The monoisotopic (exact) mass is 602 g/mol. The highest BCUT2D eigenvalue weighted by Crippen LogP contribution is 2.20. The molecule has 0 saturated heterocycles. The Balaban J connectivity index is 1.34. The summed E-state index contributed by atoms with van der Waals surface area (Å²) in [5.41, 5.74) is 2.51. The predicted octanol–water partition coefficient (Wildman–Crippen LogP) is 7.57. The number of aryl methyl sites for hydroxylation is 1. The Morgan fingerprint density at radius 1 is 0.795 bits per heavy atom. The summed E-state index contributed by atoms with van der Waals surface area (Å²) in [6.45, 7) is 8.01. The molecule has 0 saturated carbocycles. The van der Waals surface area contributed by atoms with Gasteiger partial charge in [-0.2, -0.15) is 0 Å². The lowest BCUT2D eigenvalue weighted by molar-refractivity contribution is -0.267. The fraction of sp³-hybridized carbons (Fsp3) is 0.371. The Morgan fingerprint density at radius 2 is 1.45 bits per heavy atom. The highest BCUT2D eigenvalue weighted by Gasteiger charge is 2.11. The smallest absolute Gasteiger partial charge is 0.343 e. The Kier molecular flexibility index (Phi) is 15.3. The molecule has 44 heavy (non-hydrogen) atoms. The van der Waals surface area contributed by atoms with Gasteiger partial charge in [0.05, 0.1) is 31.2 Å². The molecule has 0 amide bonds. The fourth-order valence-corrected chi connectivity index (χ4v) is 4.41. The summed E-state index contributed by atoms with van der Waals surface area (Å²) in [7, 11) is 0. The van der Waals surface area contributed by atoms with Crippen LogP contribution in [-0.2, 0) is 20.8 Å². The van der Waals surface area contributed by atoms with Gasteiger partial charge >= 0.3 is 11.9 Å². The van der Waals surface area contributed by atoms with Crippen LogP contribution in [0.15, 0.2) is 86.2 Å². The first kappa shape index (κ1) is 34.2. The van der Waals surface area contributed by atoms with Crippen molar-refractivity contribution in [2.24, 2.45) is 0 Å². The first-order valence-electron chi connectivity index (χ1n) is 15.1. The molecule has 1 aromatic heterocycles. The summed E-state index contributed by atoms with van der Waals surface area (Å²) in [4.78, 5) is 36.7. The van der Waals surface area contributed by atoms with Gasteiger partial charge in [-0.25, -0.2) is 24.4 Å². The molecule has 0 aliphatic carbocycles. The topological polar surface area (TPSA) is 117 Å². The second kappa shape index (κ2) is 19.8. The Labute approximate surface area is 259 Å². The second-order valence-electron chi connectivity index (χ2n) is 10.3. The molecule has 1 heterocycles. The number of benzene rings is 2. The van der Waals surface area contributed by atoms with E-state index in [4.69, 9.17) is 19.5 Å². The van der Waals surface area contributed by atoms with Crippen LogP contribution in [-0.4, -0.2) is 46.5 Å². The summed E-state index contributed by atoms with van der Waals surface area (Å²) < 4.78 is 16.2. The van der Waals surface area contributed by atoms with Gasteiger partial charge in [0.15, 0.2) is 11.6 Å². The summed E-state index contributed by atoms with van der Waals surface area (Å²) in [6, 6.07) is 14.9. The Hall–Kier alpha value is -4.34. The van der Waals surface area contributed by atoms with Crippen LogP contribution < -0.4 is 9.47 Å². The molecule has 0 bridgehead atoms. The number of aromatic nitrogens is 2. The maximum Gasteiger partial charge on any atom is 0.343 e. The van der Waals surface area contributed by atoms with E-state index in [-0.39, 0.29) is 17.8 Å². The van der Waals surface area contributed by atoms with Gasteiger partial charge in [-0.1, -0.05) is 69.0 Å². The molecule has 9 heteroatoms. The first-order valence-corrected chi connectivity index (χ1v) is 15.1. The molecule has 0 fully saturated rings. The molecular formula is C35H42N2O7. The van der Waals surface area contributed by atoms with E-state index < -0.39 is 5.97 Å². The van der Waals surface area contributed by atoms with Crippen LogP contribution in [0.4, 0.5) is 0 Å². The molecule has 3 aromatic rings. The summed E-state index contributed by atoms with van der Waals surface area (Å²) in [5.74, 6) is 0.624. The van der Waals surface area contributed by atoms with Crippen molar-refractivity contribution in [3.63, 3.8) is 0 Å². The minimum Gasteiger partial charge on any atom is -0.494 e. The number of ether oxygens (including phenoxy) is 3. The van der Waals surface area contributed by atoms with Crippen LogP contribution in [0.5, 0.6) is 11.5 Å². The second-order valence-corrected chi connectivity index (χ2v) is 10.3. The SMILES string of the molecule is C=CC(=O)OCCCCCCc1ccc(-c2ncc(OC(=O)c3ccc(OCCCCCCC(C=C)OO)cc3)cn2)cc1. The van der Waals surface area contributed by atoms with Crippen molar-refractivity contribution in [2.45, 2.75) is 70.3 Å². The van der Waals surface area contributed by atoms with E-state index in [0.29, 0.717) is 30.4 Å². The molecule has 9 nitrogen and oxygen atoms in total. The first-order chi connectivity index (χ1) is 21.5. The van der Waals surface area contributed by atoms with Gasteiger partial charge < -0.3 is 14.2 Å². The lowest BCUT2D eigenvalue weighted by atomic mass is 10.0. The highest BCUT2D eigenvalue weighted by molar-refractivity contribution is 5.91. The third kappa shape index (κ3) is 12.5. The number of hydrogen-bond donors (Lipinski definition) is 1. The average molecular weight is 603 g/mol. The number of hydrogen-bond acceptors (Lipinski definition) is 9. The number of rotatable bonds is 21. The van der Waals surface area contributed by atoms with E-state index in [9.17, 15) is 9.59 Å². The average Bonchev–Trinajstić information content (AvgIpc) is 3.06. The molecule has 1 unspecified atom stereocenters. The summed E-state index contributed by atoms with van der Waals surface area (Å²) >= 11 is 0. The molecule has 234 valence electrons. The van der Waals surface area contributed by atoms with Gasteiger partial charge in [0.25, 0.3) is 0 Å². The maximum absolute atomic E-state index is 12.6. The number of carbonyl (C=O) groups excluding carboxylic acids is 2. The van der Waals surface area contributed by atoms with E-state index in [0.717, 1.165) is 69.8 Å². The number of esters is 2. The molecule has 2 aromatic carbocycles. The molecule has 0 aliphatic rings. The lowest BCUT2D eigenvalue weighted by Crippen LogP contribution is -2.09. The Bertz CT molecular complexity index is 1290.